The smallest absolute Gasteiger partial charge is 0.166 e. The summed E-state index contributed by atoms with van der Waals surface area (Å²) in [6.45, 7) is 0. The summed E-state index contributed by atoms with van der Waals surface area (Å²) in [4.78, 5) is 15.4. The zero-order valence-electron chi connectivity index (χ0n) is 26.9. The Bertz CT molecular complexity index is 2800. The minimum absolute atomic E-state index is 0. The van der Waals surface area contributed by atoms with E-state index in [-0.39, 0.29) is 14.9 Å². The van der Waals surface area contributed by atoms with Crippen LogP contribution >= 0.6 is 0 Å². The molecular weight excluding hydrogens is 637 g/mol. The van der Waals surface area contributed by atoms with Gasteiger partial charge in [0.1, 0.15) is 11.2 Å². The average molecular weight is 673 g/mol. The molecule has 3 aromatic heterocycles. The highest BCUT2D eigenvalue weighted by molar-refractivity contribution is 6.24. The Morgan fingerprint density at radius 3 is 1.63 bits per heavy atom. The molecule has 0 aliphatic rings. The molecule has 0 saturated carbocycles. The Kier molecular flexibility index (Phi) is 8.17. The van der Waals surface area contributed by atoms with Gasteiger partial charge < -0.3 is 8.98 Å². The molecule has 0 atom stereocenters. The van der Waals surface area contributed by atoms with Crippen molar-refractivity contribution in [2.75, 3.05) is 0 Å². The fraction of sp³-hybridized carbons (Fsp3) is 0.0426. The standard InChI is InChI=1S/C45H28N4O.2CH4/c1-4-14-29(15-5-1)32-24-26-38(36(28-32)45-47-43(30-16-6-2-7-17-30)46-44(48-45)31-18-8-3-9-19-31)49-37-22-12-10-21-35(37)41-39(49)27-25-34-33-20-11-13-23-40(33)50-42(34)41;;/h1-28H;2*1H4. The van der Waals surface area contributed by atoms with Gasteiger partial charge >= 0.3 is 0 Å². The summed E-state index contributed by atoms with van der Waals surface area (Å²) < 4.78 is 8.93. The first-order valence-corrected chi connectivity index (χ1v) is 16.7. The number of nitrogens with zero attached hydrogens (tertiary/aromatic N) is 4. The Labute approximate surface area is 302 Å². The van der Waals surface area contributed by atoms with Crippen molar-refractivity contribution in [3.05, 3.63) is 170 Å². The molecule has 10 rings (SSSR count). The number of fused-ring (bicyclic) bond motifs is 7. The molecular formula is C47H36N4O. The van der Waals surface area contributed by atoms with Crippen LogP contribution in [0.3, 0.4) is 0 Å². The quantitative estimate of drug-likeness (QED) is 0.183. The van der Waals surface area contributed by atoms with Crippen molar-refractivity contribution in [1.82, 2.24) is 19.5 Å². The van der Waals surface area contributed by atoms with Crippen LogP contribution in [0.4, 0.5) is 0 Å². The number of benzene rings is 7. The van der Waals surface area contributed by atoms with Gasteiger partial charge in [-0.05, 0) is 47.5 Å². The molecule has 0 aliphatic heterocycles. The van der Waals surface area contributed by atoms with E-state index < -0.39 is 0 Å². The molecule has 10 aromatic rings. The molecule has 52 heavy (non-hydrogen) atoms. The number of hydrogen-bond acceptors (Lipinski definition) is 4. The third-order valence-corrected chi connectivity index (χ3v) is 9.47. The Hall–Kier alpha value is -6.85. The molecule has 5 heteroatoms. The molecule has 0 spiro atoms. The highest BCUT2D eigenvalue weighted by Gasteiger charge is 2.22. The Morgan fingerprint density at radius 1 is 0.404 bits per heavy atom. The van der Waals surface area contributed by atoms with Gasteiger partial charge in [0.05, 0.1) is 22.1 Å². The summed E-state index contributed by atoms with van der Waals surface area (Å²) in [6.07, 6.45) is 0. The number of hydrogen-bond donors (Lipinski definition) is 0. The van der Waals surface area contributed by atoms with Crippen LogP contribution in [0.5, 0.6) is 0 Å². The second kappa shape index (κ2) is 13.1. The van der Waals surface area contributed by atoms with Gasteiger partial charge in [-0.1, -0.05) is 148 Å². The van der Waals surface area contributed by atoms with Gasteiger partial charge in [0, 0.05) is 32.8 Å². The Morgan fingerprint density at radius 2 is 0.962 bits per heavy atom. The lowest BCUT2D eigenvalue weighted by Gasteiger charge is -2.16. The highest BCUT2D eigenvalue weighted by Crippen LogP contribution is 2.42. The monoisotopic (exact) mass is 672 g/mol. The maximum atomic E-state index is 6.60. The summed E-state index contributed by atoms with van der Waals surface area (Å²) in [5.74, 6) is 1.84. The molecule has 0 radical (unpaired) electrons. The number of furan rings is 1. The normalized spacial score (nSPS) is 11.2. The summed E-state index contributed by atoms with van der Waals surface area (Å²) in [6, 6.07) is 58.5. The molecule has 0 amide bonds. The molecule has 250 valence electrons. The van der Waals surface area contributed by atoms with Gasteiger partial charge in [-0.3, -0.25) is 0 Å². The van der Waals surface area contributed by atoms with Crippen molar-refractivity contribution in [3.8, 4) is 51.0 Å². The van der Waals surface area contributed by atoms with Gasteiger partial charge in [-0.15, -0.1) is 0 Å². The first kappa shape index (κ1) is 32.4. The van der Waals surface area contributed by atoms with Crippen LogP contribution in [0.15, 0.2) is 174 Å². The summed E-state index contributed by atoms with van der Waals surface area (Å²) in [7, 11) is 0. The maximum Gasteiger partial charge on any atom is 0.166 e. The molecule has 0 bridgehead atoms. The third-order valence-electron chi connectivity index (χ3n) is 9.47. The minimum Gasteiger partial charge on any atom is -0.455 e. The second-order valence-corrected chi connectivity index (χ2v) is 12.4. The lowest BCUT2D eigenvalue weighted by molar-refractivity contribution is 0.673. The topological polar surface area (TPSA) is 56.7 Å². The van der Waals surface area contributed by atoms with Crippen molar-refractivity contribution in [2.45, 2.75) is 14.9 Å². The highest BCUT2D eigenvalue weighted by atomic mass is 16.3. The van der Waals surface area contributed by atoms with Crippen LogP contribution in [0.2, 0.25) is 0 Å². The van der Waals surface area contributed by atoms with E-state index in [4.69, 9.17) is 19.4 Å². The van der Waals surface area contributed by atoms with E-state index in [0.29, 0.717) is 17.5 Å². The van der Waals surface area contributed by atoms with Crippen LogP contribution in [-0.4, -0.2) is 19.5 Å². The van der Waals surface area contributed by atoms with Gasteiger partial charge in [0.15, 0.2) is 17.5 Å². The first-order valence-electron chi connectivity index (χ1n) is 16.7. The number of rotatable bonds is 5. The molecule has 0 fully saturated rings. The van der Waals surface area contributed by atoms with Crippen molar-refractivity contribution in [3.63, 3.8) is 0 Å². The molecule has 0 aliphatic carbocycles. The lowest BCUT2D eigenvalue weighted by Crippen LogP contribution is -2.04. The molecule has 0 N–H and O–H groups in total. The number of aromatic nitrogens is 4. The van der Waals surface area contributed by atoms with Crippen LogP contribution in [0.25, 0.3) is 94.7 Å². The van der Waals surface area contributed by atoms with Crippen molar-refractivity contribution >= 4 is 43.7 Å². The molecule has 5 nitrogen and oxygen atoms in total. The van der Waals surface area contributed by atoms with E-state index in [1.54, 1.807) is 0 Å². The average Bonchev–Trinajstić information content (AvgIpc) is 3.74. The van der Waals surface area contributed by atoms with Gasteiger partial charge in [0.25, 0.3) is 0 Å². The molecule has 7 aromatic carbocycles. The van der Waals surface area contributed by atoms with Crippen molar-refractivity contribution < 1.29 is 4.42 Å². The summed E-state index contributed by atoms with van der Waals surface area (Å²) in [5.41, 5.74) is 9.81. The SMILES string of the molecule is C.C.c1ccc(-c2ccc(-n3c4ccccc4c4c5oc6ccccc6c5ccc43)c(-c3nc(-c4ccccc4)nc(-c4ccccc4)n3)c2)cc1. The Balaban J connectivity index is 0.00000193. The molecule has 0 saturated heterocycles. The fourth-order valence-corrected chi connectivity index (χ4v) is 7.14. The zero-order chi connectivity index (χ0) is 33.0. The van der Waals surface area contributed by atoms with Gasteiger partial charge in [-0.25, -0.2) is 15.0 Å². The minimum atomic E-state index is 0. The van der Waals surface area contributed by atoms with Crippen molar-refractivity contribution in [2.24, 2.45) is 0 Å². The van der Waals surface area contributed by atoms with E-state index in [1.807, 2.05) is 78.9 Å². The van der Waals surface area contributed by atoms with Gasteiger partial charge in [-0.2, -0.15) is 0 Å². The first-order chi connectivity index (χ1) is 24.8. The van der Waals surface area contributed by atoms with E-state index >= 15 is 0 Å². The van der Waals surface area contributed by atoms with Crippen LogP contribution < -0.4 is 0 Å². The molecule has 0 unspecified atom stereocenters. The predicted molar refractivity (Wildman–Crippen MR) is 217 cm³/mol. The third kappa shape index (κ3) is 5.22. The molecule has 3 heterocycles. The van der Waals surface area contributed by atoms with Gasteiger partial charge in [0.2, 0.25) is 0 Å². The van der Waals surface area contributed by atoms with Crippen LogP contribution in [-0.2, 0) is 0 Å². The van der Waals surface area contributed by atoms with Crippen LogP contribution in [0.1, 0.15) is 14.9 Å². The number of para-hydroxylation sites is 2. The summed E-state index contributed by atoms with van der Waals surface area (Å²) >= 11 is 0. The summed E-state index contributed by atoms with van der Waals surface area (Å²) in [5, 5.41) is 4.42. The zero-order valence-corrected chi connectivity index (χ0v) is 26.9. The van der Waals surface area contributed by atoms with E-state index in [2.05, 4.69) is 95.6 Å². The van der Waals surface area contributed by atoms with E-state index in [0.717, 1.165) is 77.2 Å². The fourth-order valence-electron chi connectivity index (χ4n) is 7.14. The van der Waals surface area contributed by atoms with Crippen molar-refractivity contribution in [1.29, 1.82) is 0 Å². The predicted octanol–water partition coefficient (Wildman–Crippen LogP) is 12.8. The van der Waals surface area contributed by atoms with E-state index in [1.165, 1.54) is 0 Å². The maximum absolute atomic E-state index is 6.60. The largest absolute Gasteiger partial charge is 0.455 e. The van der Waals surface area contributed by atoms with E-state index in [9.17, 15) is 0 Å². The second-order valence-electron chi connectivity index (χ2n) is 12.4. The van der Waals surface area contributed by atoms with Crippen LogP contribution in [0, 0.1) is 0 Å². The lowest BCUT2D eigenvalue weighted by atomic mass is 10.0.